The minimum atomic E-state index is -0.289. The minimum absolute atomic E-state index is 0.0670. The number of nitrogens with zero attached hydrogens (tertiary/aromatic N) is 5. The number of ether oxygens (including phenoxy) is 2. The highest BCUT2D eigenvalue weighted by Crippen LogP contribution is 2.32. The lowest BCUT2D eigenvalue weighted by atomic mass is 10.1. The van der Waals surface area contributed by atoms with E-state index in [1.165, 1.54) is 23.7 Å². The lowest BCUT2D eigenvalue weighted by Gasteiger charge is -2.27. The molecule has 7 rings (SSSR count). The number of amides is 1. The summed E-state index contributed by atoms with van der Waals surface area (Å²) < 4.78 is 27.6. The van der Waals surface area contributed by atoms with Gasteiger partial charge in [0, 0.05) is 37.1 Å². The number of hydrogen-bond donors (Lipinski definition) is 2. The predicted octanol–water partition coefficient (Wildman–Crippen LogP) is 5.08. The number of anilines is 2. The Kier molecular flexibility index (Phi) is 7.82. The Labute approximate surface area is 257 Å². The summed E-state index contributed by atoms with van der Waals surface area (Å²) in [6.45, 7) is 4.79. The van der Waals surface area contributed by atoms with Gasteiger partial charge in [-0.15, -0.1) is 11.3 Å². The summed E-state index contributed by atoms with van der Waals surface area (Å²) in [5.74, 6) is 6.98. The summed E-state index contributed by atoms with van der Waals surface area (Å²) in [6.07, 6.45) is 3.50. The number of aromatic nitrogens is 4. The van der Waals surface area contributed by atoms with Crippen molar-refractivity contribution in [2.75, 3.05) is 38.2 Å². The number of carbonyl (C=O) groups is 1. The zero-order valence-electron chi connectivity index (χ0n) is 24.0. The molecule has 3 unspecified atom stereocenters. The van der Waals surface area contributed by atoms with Crippen molar-refractivity contribution >= 4 is 50.1 Å². The number of hydrogen-bond acceptors (Lipinski definition) is 9. The van der Waals surface area contributed by atoms with Crippen molar-refractivity contribution in [2.45, 2.75) is 31.5 Å². The van der Waals surface area contributed by atoms with Crippen LogP contribution in [0.5, 0.6) is 0 Å². The van der Waals surface area contributed by atoms with Crippen LogP contribution in [0.1, 0.15) is 29.8 Å². The van der Waals surface area contributed by atoms with Crippen LogP contribution < -0.4 is 10.6 Å². The number of nitrogens with one attached hydrogen (secondary N) is 2. The molecular weight excluding hydrogens is 581 g/mol. The van der Waals surface area contributed by atoms with Crippen LogP contribution in [0.25, 0.3) is 21.1 Å². The van der Waals surface area contributed by atoms with Crippen LogP contribution in [-0.2, 0) is 9.47 Å². The smallest absolute Gasteiger partial charge is 0.410 e. The van der Waals surface area contributed by atoms with Crippen molar-refractivity contribution < 1.29 is 18.7 Å². The predicted molar refractivity (Wildman–Crippen MR) is 167 cm³/mol. The largest absolute Gasteiger partial charge is 0.445 e. The van der Waals surface area contributed by atoms with Crippen molar-refractivity contribution in [3.05, 3.63) is 77.3 Å². The molecule has 44 heavy (non-hydrogen) atoms. The molecule has 5 aromatic rings. The van der Waals surface area contributed by atoms with Gasteiger partial charge in [0.25, 0.3) is 0 Å². The molecule has 5 heterocycles. The van der Waals surface area contributed by atoms with Gasteiger partial charge in [-0.25, -0.2) is 19.2 Å². The van der Waals surface area contributed by atoms with Crippen molar-refractivity contribution in [2.24, 2.45) is 0 Å². The molecule has 2 N–H and O–H groups in total. The molecule has 0 spiro atoms. The number of rotatable bonds is 5. The Morgan fingerprint density at radius 3 is 2.95 bits per heavy atom. The number of benzene rings is 2. The summed E-state index contributed by atoms with van der Waals surface area (Å²) >= 11 is 1.53. The third-order valence-electron chi connectivity index (χ3n) is 7.86. The lowest BCUT2D eigenvalue weighted by molar-refractivity contribution is 0.0156. The average molecular weight is 612 g/mol. The SMILES string of the molecule is CC(c1cccc(F)c1)n1ncc2cc(Nc3ncnc4cc(C#CC5CC(OC(=O)N6CCOCC6)CN5)sc34)ccc21. The fraction of sp³-hybridized carbons (Fsp3) is 0.312. The molecule has 224 valence electrons. The number of fused-ring (bicyclic) bond motifs is 2. The number of carbonyl (C=O) groups excluding carboxylic acids is 1. The fourth-order valence-corrected chi connectivity index (χ4v) is 6.43. The molecular formula is C32H30FN7O3S. The maximum absolute atomic E-state index is 13.8. The Balaban J connectivity index is 1.03. The first kappa shape index (κ1) is 28.2. The van der Waals surface area contributed by atoms with Gasteiger partial charge >= 0.3 is 6.09 Å². The molecule has 0 saturated carbocycles. The van der Waals surface area contributed by atoms with Crippen molar-refractivity contribution in [1.29, 1.82) is 0 Å². The van der Waals surface area contributed by atoms with Gasteiger partial charge in [-0.05, 0) is 48.9 Å². The van der Waals surface area contributed by atoms with Gasteiger partial charge in [-0.3, -0.25) is 10.00 Å². The van der Waals surface area contributed by atoms with E-state index in [1.54, 1.807) is 17.0 Å². The maximum Gasteiger partial charge on any atom is 0.410 e. The fourth-order valence-electron chi connectivity index (χ4n) is 5.51. The van der Waals surface area contributed by atoms with E-state index in [1.807, 2.05) is 48.1 Å². The molecule has 0 radical (unpaired) electrons. The van der Waals surface area contributed by atoms with Crippen molar-refractivity contribution in [1.82, 2.24) is 30.0 Å². The van der Waals surface area contributed by atoms with E-state index in [9.17, 15) is 9.18 Å². The second kappa shape index (κ2) is 12.2. The number of morpholine rings is 1. The highest BCUT2D eigenvalue weighted by Gasteiger charge is 2.28. The third-order valence-corrected chi connectivity index (χ3v) is 8.91. The van der Waals surface area contributed by atoms with Gasteiger partial charge in [-0.1, -0.05) is 24.0 Å². The molecule has 1 amide bonds. The van der Waals surface area contributed by atoms with E-state index in [0.717, 1.165) is 37.2 Å². The molecule has 2 aromatic carbocycles. The second-order valence-electron chi connectivity index (χ2n) is 10.8. The van der Waals surface area contributed by atoms with Crippen LogP contribution in [0.15, 0.2) is 61.1 Å². The average Bonchev–Trinajstić information content (AvgIpc) is 3.78. The molecule has 12 heteroatoms. The monoisotopic (exact) mass is 611 g/mol. The van der Waals surface area contributed by atoms with E-state index in [4.69, 9.17) is 9.47 Å². The van der Waals surface area contributed by atoms with Crippen LogP contribution in [0.2, 0.25) is 0 Å². The van der Waals surface area contributed by atoms with E-state index in [2.05, 4.69) is 37.5 Å². The Bertz CT molecular complexity index is 1890. The highest BCUT2D eigenvalue weighted by molar-refractivity contribution is 7.20. The number of thiophene rings is 1. The van der Waals surface area contributed by atoms with Crippen molar-refractivity contribution in [3.63, 3.8) is 0 Å². The zero-order valence-corrected chi connectivity index (χ0v) is 24.8. The molecule has 3 atom stereocenters. The second-order valence-corrected chi connectivity index (χ2v) is 11.9. The summed E-state index contributed by atoms with van der Waals surface area (Å²) in [5, 5.41) is 12.3. The Morgan fingerprint density at radius 2 is 2.09 bits per heavy atom. The Morgan fingerprint density at radius 1 is 1.20 bits per heavy atom. The van der Waals surface area contributed by atoms with Gasteiger partial charge in [0.1, 0.15) is 18.2 Å². The summed E-state index contributed by atoms with van der Waals surface area (Å²) in [4.78, 5) is 23.9. The topological polar surface area (TPSA) is 106 Å². The van der Waals surface area contributed by atoms with Crippen LogP contribution in [-0.4, -0.2) is 75.7 Å². The molecule has 0 bridgehead atoms. The molecule has 2 saturated heterocycles. The standard InChI is InChI=1S/C32H30FN7O3S/c1-20(21-3-2-4-23(33)13-21)40-29-8-6-25(14-22(29)17-37-40)38-31-30-28(35-19-36-31)16-27(44-30)7-5-24-15-26(18-34-24)43-32(41)39-9-11-42-12-10-39/h2-4,6,8,13-14,16-17,19-20,24,26,34H,9-12,15,18H2,1H3,(H,35,36,38). The van der Waals surface area contributed by atoms with Gasteiger partial charge in [0.15, 0.2) is 5.82 Å². The summed E-state index contributed by atoms with van der Waals surface area (Å²) in [7, 11) is 0. The Hall–Kier alpha value is -4.57. The molecule has 2 aliphatic heterocycles. The molecule has 3 aromatic heterocycles. The summed E-state index contributed by atoms with van der Waals surface area (Å²) in [5.41, 5.74) is 3.48. The molecule has 2 aliphatic rings. The maximum atomic E-state index is 13.8. The first-order valence-corrected chi connectivity index (χ1v) is 15.3. The first-order valence-electron chi connectivity index (χ1n) is 14.5. The number of halogens is 1. The third kappa shape index (κ3) is 5.94. The van der Waals surface area contributed by atoms with Crippen LogP contribution >= 0.6 is 11.3 Å². The van der Waals surface area contributed by atoms with Gasteiger partial charge in [0.05, 0.1) is 52.1 Å². The lowest BCUT2D eigenvalue weighted by Crippen LogP contribution is -2.42. The molecule has 2 fully saturated rings. The van der Waals surface area contributed by atoms with E-state index in [-0.39, 0.29) is 30.1 Å². The molecule has 0 aliphatic carbocycles. The van der Waals surface area contributed by atoms with Crippen LogP contribution in [0, 0.1) is 17.7 Å². The highest BCUT2D eigenvalue weighted by atomic mass is 32.1. The zero-order chi connectivity index (χ0) is 30.0. The van der Waals surface area contributed by atoms with E-state index >= 15 is 0 Å². The van der Waals surface area contributed by atoms with E-state index < -0.39 is 0 Å². The minimum Gasteiger partial charge on any atom is -0.445 e. The van der Waals surface area contributed by atoms with Gasteiger partial charge in [0.2, 0.25) is 0 Å². The van der Waals surface area contributed by atoms with Gasteiger partial charge < -0.3 is 19.7 Å². The van der Waals surface area contributed by atoms with Crippen LogP contribution in [0.4, 0.5) is 20.7 Å². The van der Waals surface area contributed by atoms with E-state index in [0.29, 0.717) is 45.1 Å². The normalized spacial score (nSPS) is 19.1. The van der Waals surface area contributed by atoms with Crippen LogP contribution in [0.3, 0.4) is 0 Å². The summed E-state index contributed by atoms with van der Waals surface area (Å²) in [6, 6.07) is 14.4. The van der Waals surface area contributed by atoms with Crippen molar-refractivity contribution in [3.8, 4) is 11.8 Å². The first-order chi connectivity index (χ1) is 21.5. The quantitative estimate of drug-likeness (QED) is 0.265. The molecule has 10 nitrogen and oxygen atoms in total. The van der Waals surface area contributed by atoms with Gasteiger partial charge in [-0.2, -0.15) is 5.10 Å².